The first-order valence-corrected chi connectivity index (χ1v) is 9.77. The third kappa shape index (κ3) is 4.23. The number of carbonyl (C=O) groups excluding carboxylic acids is 2. The Morgan fingerprint density at radius 2 is 1.84 bits per heavy atom. The molecule has 2 fully saturated rings. The van der Waals surface area contributed by atoms with Crippen molar-refractivity contribution in [2.24, 2.45) is 11.3 Å². The summed E-state index contributed by atoms with van der Waals surface area (Å²) in [6.45, 7) is 4.37. The first-order valence-electron chi connectivity index (χ1n) is 9.77. The second-order valence-electron chi connectivity index (χ2n) is 7.62. The van der Waals surface area contributed by atoms with E-state index in [2.05, 4.69) is 36.5 Å². The zero-order valence-electron chi connectivity index (χ0n) is 15.3. The maximum Gasteiger partial charge on any atom is 0.238 e. The van der Waals surface area contributed by atoms with E-state index in [1.165, 1.54) is 5.56 Å². The normalized spacial score (nSPS) is 19.5. The van der Waals surface area contributed by atoms with Crippen molar-refractivity contribution in [3.63, 3.8) is 0 Å². The molecule has 4 heteroatoms. The molecule has 1 aromatic carbocycles. The SMILES string of the molecule is CCCCNC(=O)C1(C(=O)N2CCC(Cc3ccccc3)CC2)CC1. The van der Waals surface area contributed by atoms with E-state index >= 15 is 0 Å². The highest BCUT2D eigenvalue weighted by molar-refractivity contribution is 6.07. The topological polar surface area (TPSA) is 49.4 Å². The van der Waals surface area contributed by atoms with E-state index in [-0.39, 0.29) is 11.8 Å². The number of amides is 2. The Hall–Kier alpha value is -1.84. The summed E-state index contributed by atoms with van der Waals surface area (Å²) in [4.78, 5) is 27.3. The summed E-state index contributed by atoms with van der Waals surface area (Å²) >= 11 is 0. The molecule has 136 valence electrons. The third-order valence-electron chi connectivity index (χ3n) is 5.68. The van der Waals surface area contributed by atoms with Crippen LogP contribution >= 0.6 is 0 Å². The maximum absolute atomic E-state index is 12.9. The Kier molecular flexibility index (Phi) is 5.77. The van der Waals surface area contributed by atoms with Crippen LogP contribution in [0, 0.1) is 11.3 Å². The average molecular weight is 342 g/mol. The molecule has 1 saturated heterocycles. The first-order chi connectivity index (χ1) is 12.2. The second-order valence-corrected chi connectivity index (χ2v) is 7.62. The number of nitrogens with zero attached hydrogens (tertiary/aromatic N) is 1. The summed E-state index contributed by atoms with van der Waals surface area (Å²) in [5.74, 6) is 0.664. The Balaban J connectivity index is 1.49. The van der Waals surface area contributed by atoms with Crippen molar-refractivity contribution in [2.45, 2.75) is 51.9 Å². The predicted molar refractivity (Wildman–Crippen MR) is 99.0 cm³/mol. The van der Waals surface area contributed by atoms with E-state index in [0.29, 0.717) is 25.3 Å². The Morgan fingerprint density at radius 3 is 2.44 bits per heavy atom. The minimum Gasteiger partial charge on any atom is -0.355 e. The van der Waals surface area contributed by atoms with Crippen LogP contribution in [0.5, 0.6) is 0 Å². The molecule has 4 nitrogen and oxygen atoms in total. The van der Waals surface area contributed by atoms with Gasteiger partial charge in [-0.15, -0.1) is 0 Å². The summed E-state index contributed by atoms with van der Waals surface area (Å²) in [6, 6.07) is 10.6. The first kappa shape index (κ1) is 18.0. The van der Waals surface area contributed by atoms with E-state index in [0.717, 1.165) is 45.2 Å². The van der Waals surface area contributed by atoms with E-state index in [1.807, 2.05) is 11.0 Å². The Bertz CT molecular complexity index is 587. The number of hydrogen-bond donors (Lipinski definition) is 1. The average Bonchev–Trinajstić information content (AvgIpc) is 3.45. The van der Waals surface area contributed by atoms with Crippen molar-refractivity contribution >= 4 is 11.8 Å². The van der Waals surface area contributed by atoms with Crippen molar-refractivity contribution < 1.29 is 9.59 Å². The smallest absolute Gasteiger partial charge is 0.238 e. The zero-order valence-corrected chi connectivity index (χ0v) is 15.3. The summed E-state index contributed by atoms with van der Waals surface area (Å²) in [5.41, 5.74) is 0.640. The molecule has 1 aliphatic carbocycles. The molecule has 1 heterocycles. The van der Waals surface area contributed by atoms with Crippen LogP contribution < -0.4 is 5.32 Å². The molecule has 25 heavy (non-hydrogen) atoms. The number of hydrogen-bond acceptors (Lipinski definition) is 2. The molecule has 1 aromatic rings. The van der Waals surface area contributed by atoms with Crippen LogP contribution in [0.1, 0.15) is 51.0 Å². The lowest BCUT2D eigenvalue weighted by Crippen LogP contribution is -2.48. The molecule has 0 unspecified atom stereocenters. The van der Waals surface area contributed by atoms with Crippen molar-refractivity contribution in [2.75, 3.05) is 19.6 Å². The van der Waals surface area contributed by atoms with Gasteiger partial charge in [-0.3, -0.25) is 9.59 Å². The van der Waals surface area contributed by atoms with Crippen molar-refractivity contribution in [3.8, 4) is 0 Å². The number of piperidine rings is 1. The molecule has 1 N–H and O–H groups in total. The molecule has 1 saturated carbocycles. The molecule has 2 aliphatic rings. The number of rotatable bonds is 7. The lowest BCUT2D eigenvalue weighted by atomic mass is 9.89. The van der Waals surface area contributed by atoms with Crippen LogP contribution in [-0.2, 0) is 16.0 Å². The van der Waals surface area contributed by atoms with Crippen LogP contribution in [0.3, 0.4) is 0 Å². The Labute approximate surface area is 151 Å². The minimum absolute atomic E-state index is 0.0441. The molecule has 0 bridgehead atoms. The minimum atomic E-state index is -0.736. The lowest BCUT2D eigenvalue weighted by Gasteiger charge is -2.34. The van der Waals surface area contributed by atoms with Gasteiger partial charge < -0.3 is 10.2 Å². The van der Waals surface area contributed by atoms with E-state index < -0.39 is 5.41 Å². The highest BCUT2D eigenvalue weighted by atomic mass is 16.2. The molecule has 1 aliphatic heterocycles. The number of nitrogens with one attached hydrogen (secondary N) is 1. The monoisotopic (exact) mass is 342 g/mol. The molecule has 0 atom stereocenters. The van der Waals surface area contributed by atoms with Gasteiger partial charge in [0.05, 0.1) is 0 Å². The van der Waals surface area contributed by atoms with E-state index in [1.54, 1.807) is 0 Å². The molecule has 0 spiro atoms. The van der Waals surface area contributed by atoms with E-state index in [4.69, 9.17) is 0 Å². The van der Waals surface area contributed by atoms with Gasteiger partial charge in [-0.2, -0.15) is 0 Å². The van der Waals surface area contributed by atoms with Crippen molar-refractivity contribution in [1.29, 1.82) is 0 Å². The summed E-state index contributed by atoms with van der Waals surface area (Å²) < 4.78 is 0. The van der Waals surface area contributed by atoms with Gasteiger partial charge in [0, 0.05) is 19.6 Å². The van der Waals surface area contributed by atoms with E-state index in [9.17, 15) is 9.59 Å². The molecule has 0 radical (unpaired) electrons. The van der Waals surface area contributed by atoms with Crippen LogP contribution in [-0.4, -0.2) is 36.3 Å². The summed E-state index contributed by atoms with van der Waals surface area (Å²) in [7, 11) is 0. The van der Waals surface area contributed by atoms with Crippen molar-refractivity contribution in [1.82, 2.24) is 10.2 Å². The fraction of sp³-hybridized carbons (Fsp3) is 0.619. The molecule has 2 amide bonds. The predicted octanol–water partition coefficient (Wildman–Crippen LogP) is 3.16. The van der Waals surface area contributed by atoms with Gasteiger partial charge in [0.25, 0.3) is 0 Å². The third-order valence-corrected chi connectivity index (χ3v) is 5.68. The zero-order chi connectivity index (χ0) is 17.7. The van der Waals surface area contributed by atoms with Gasteiger partial charge in [-0.1, -0.05) is 43.7 Å². The second kappa shape index (κ2) is 8.03. The van der Waals surface area contributed by atoms with Gasteiger partial charge in [0.1, 0.15) is 5.41 Å². The van der Waals surface area contributed by atoms with Gasteiger partial charge in [0.15, 0.2) is 0 Å². The standard InChI is InChI=1S/C21H30N2O2/c1-2-3-13-22-19(24)21(11-12-21)20(25)23-14-9-18(10-15-23)16-17-7-5-4-6-8-17/h4-8,18H,2-3,9-16H2,1H3,(H,22,24). The largest absolute Gasteiger partial charge is 0.355 e. The van der Waals surface area contributed by atoms with Gasteiger partial charge in [-0.25, -0.2) is 0 Å². The van der Waals surface area contributed by atoms with Crippen LogP contribution in [0.15, 0.2) is 30.3 Å². The summed E-state index contributed by atoms with van der Waals surface area (Å²) in [6.07, 6.45) is 6.62. The molecule has 3 rings (SSSR count). The van der Waals surface area contributed by atoms with Crippen LogP contribution in [0.2, 0.25) is 0 Å². The highest BCUT2D eigenvalue weighted by Crippen LogP contribution is 2.48. The summed E-state index contributed by atoms with van der Waals surface area (Å²) in [5, 5.41) is 2.96. The highest BCUT2D eigenvalue weighted by Gasteiger charge is 2.57. The number of carbonyl (C=O) groups is 2. The maximum atomic E-state index is 12.9. The molecular formula is C21H30N2O2. The Morgan fingerprint density at radius 1 is 1.16 bits per heavy atom. The fourth-order valence-electron chi connectivity index (χ4n) is 3.80. The van der Waals surface area contributed by atoms with Crippen LogP contribution in [0.4, 0.5) is 0 Å². The number of likely N-dealkylation sites (tertiary alicyclic amines) is 1. The molecular weight excluding hydrogens is 312 g/mol. The quantitative estimate of drug-likeness (QED) is 0.611. The van der Waals surface area contributed by atoms with Gasteiger partial charge >= 0.3 is 0 Å². The fourth-order valence-corrected chi connectivity index (χ4v) is 3.80. The number of unbranched alkanes of at least 4 members (excludes halogenated alkanes) is 1. The van der Waals surface area contributed by atoms with Crippen LogP contribution in [0.25, 0.3) is 0 Å². The number of benzene rings is 1. The van der Waals surface area contributed by atoms with Crippen molar-refractivity contribution in [3.05, 3.63) is 35.9 Å². The van der Waals surface area contributed by atoms with Gasteiger partial charge in [-0.05, 0) is 50.0 Å². The lowest BCUT2D eigenvalue weighted by molar-refractivity contribution is -0.145. The van der Waals surface area contributed by atoms with Gasteiger partial charge in [0.2, 0.25) is 11.8 Å². The molecule has 0 aromatic heterocycles.